The van der Waals surface area contributed by atoms with Gasteiger partial charge in [-0.2, -0.15) is 9.97 Å². The van der Waals surface area contributed by atoms with Crippen LogP contribution in [-0.4, -0.2) is 102 Å². The number of benzene rings is 1. The first-order valence-electron chi connectivity index (χ1n) is 13.3. The van der Waals surface area contributed by atoms with Crippen molar-refractivity contribution in [3.63, 3.8) is 0 Å². The van der Waals surface area contributed by atoms with Gasteiger partial charge in [-0.3, -0.25) is 9.80 Å². The molecule has 0 atom stereocenters. The summed E-state index contributed by atoms with van der Waals surface area (Å²) in [6, 6.07) is 6.49. The molecule has 0 bridgehead atoms. The van der Waals surface area contributed by atoms with Gasteiger partial charge in [-0.1, -0.05) is 6.07 Å². The average molecular weight is 509 g/mol. The second-order valence-corrected chi connectivity index (χ2v) is 10.1. The highest BCUT2D eigenvalue weighted by atomic mass is 16.7. The predicted molar refractivity (Wildman–Crippen MR) is 142 cm³/mol. The van der Waals surface area contributed by atoms with Gasteiger partial charge in [-0.25, -0.2) is 4.98 Å². The molecule has 11 nitrogen and oxygen atoms in total. The van der Waals surface area contributed by atoms with Crippen molar-refractivity contribution in [3.8, 4) is 11.5 Å². The molecule has 2 fully saturated rings. The van der Waals surface area contributed by atoms with E-state index in [-0.39, 0.29) is 6.04 Å². The van der Waals surface area contributed by atoms with Crippen molar-refractivity contribution in [2.75, 3.05) is 82.6 Å². The number of nitrogens with one attached hydrogen (secondary N) is 1. The number of piperazine rings is 1. The van der Waals surface area contributed by atoms with Gasteiger partial charge in [0.05, 0.1) is 19.5 Å². The fraction of sp³-hybridized carbons (Fsp3) is 0.577. The van der Waals surface area contributed by atoms with Gasteiger partial charge in [-0.15, -0.1) is 0 Å². The summed E-state index contributed by atoms with van der Waals surface area (Å²) in [7, 11) is 0. The van der Waals surface area contributed by atoms with Gasteiger partial charge in [0, 0.05) is 64.9 Å². The minimum absolute atomic E-state index is 0.271. The summed E-state index contributed by atoms with van der Waals surface area (Å²) in [4.78, 5) is 21.8. The number of anilines is 2. The van der Waals surface area contributed by atoms with Crippen LogP contribution in [0.25, 0.3) is 11.2 Å². The number of rotatable bonds is 8. The van der Waals surface area contributed by atoms with E-state index in [2.05, 4.69) is 55.5 Å². The first kappa shape index (κ1) is 24.2. The van der Waals surface area contributed by atoms with Crippen LogP contribution in [-0.2, 0) is 11.3 Å². The molecule has 1 N–H and O–H groups in total. The molecule has 0 amide bonds. The topological polar surface area (TPSA) is 93.0 Å². The highest BCUT2D eigenvalue weighted by molar-refractivity contribution is 5.84. The van der Waals surface area contributed by atoms with Crippen LogP contribution in [0.4, 0.5) is 11.8 Å². The van der Waals surface area contributed by atoms with E-state index in [4.69, 9.17) is 24.2 Å². The first-order valence-corrected chi connectivity index (χ1v) is 13.3. The zero-order chi connectivity index (χ0) is 25.2. The Balaban J connectivity index is 1.14. The fourth-order valence-electron chi connectivity index (χ4n) is 5.11. The summed E-state index contributed by atoms with van der Waals surface area (Å²) in [6.45, 7) is 14.5. The van der Waals surface area contributed by atoms with E-state index >= 15 is 0 Å². The van der Waals surface area contributed by atoms with E-state index in [1.165, 1.54) is 5.56 Å². The molecule has 2 saturated heterocycles. The second-order valence-electron chi connectivity index (χ2n) is 10.1. The van der Waals surface area contributed by atoms with Gasteiger partial charge in [0.1, 0.15) is 0 Å². The van der Waals surface area contributed by atoms with Gasteiger partial charge in [0.2, 0.25) is 12.7 Å². The number of ether oxygens (including phenoxy) is 3. The molecule has 3 aliphatic rings. The lowest BCUT2D eigenvalue weighted by atomic mass is 10.1. The van der Waals surface area contributed by atoms with E-state index in [0.717, 1.165) is 107 Å². The van der Waals surface area contributed by atoms with Crippen LogP contribution < -0.4 is 19.7 Å². The Morgan fingerprint density at radius 2 is 1.76 bits per heavy atom. The molecule has 6 rings (SSSR count). The van der Waals surface area contributed by atoms with Crippen LogP contribution in [0, 0.1) is 0 Å². The average Bonchev–Trinajstić information content (AvgIpc) is 3.57. The third-order valence-corrected chi connectivity index (χ3v) is 7.29. The van der Waals surface area contributed by atoms with Crippen LogP contribution >= 0.6 is 0 Å². The van der Waals surface area contributed by atoms with Gasteiger partial charge < -0.3 is 29.0 Å². The Labute approximate surface area is 217 Å². The molecule has 0 unspecified atom stereocenters. The summed E-state index contributed by atoms with van der Waals surface area (Å²) < 4.78 is 18.6. The SMILES string of the molecule is CC(C)n1cnc2c(NCCN3CCOCC3)nc(N3CCN(Cc4ccc5c(c4)OCO5)CC3)nc21. The fourth-order valence-corrected chi connectivity index (χ4v) is 5.11. The Morgan fingerprint density at radius 1 is 0.946 bits per heavy atom. The molecule has 198 valence electrons. The summed E-state index contributed by atoms with van der Waals surface area (Å²) in [5.74, 6) is 3.26. The molecule has 5 heterocycles. The molecule has 3 aliphatic heterocycles. The predicted octanol–water partition coefficient (Wildman–Crippen LogP) is 2.20. The van der Waals surface area contributed by atoms with Crippen LogP contribution in [0.5, 0.6) is 11.5 Å². The number of hydrogen-bond donors (Lipinski definition) is 1. The lowest BCUT2D eigenvalue weighted by Crippen LogP contribution is -2.46. The molecule has 0 spiro atoms. The highest BCUT2D eigenvalue weighted by Crippen LogP contribution is 2.33. The quantitative estimate of drug-likeness (QED) is 0.488. The molecule has 3 aromatic rings. The molecule has 37 heavy (non-hydrogen) atoms. The minimum atomic E-state index is 0.271. The molecule has 0 aliphatic carbocycles. The van der Waals surface area contributed by atoms with Crippen molar-refractivity contribution in [1.82, 2.24) is 29.3 Å². The lowest BCUT2D eigenvalue weighted by Gasteiger charge is -2.35. The van der Waals surface area contributed by atoms with Crippen molar-refractivity contribution in [2.24, 2.45) is 0 Å². The Kier molecular flexibility index (Phi) is 6.99. The second kappa shape index (κ2) is 10.7. The summed E-state index contributed by atoms with van der Waals surface area (Å²) in [5.41, 5.74) is 2.96. The van der Waals surface area contributed by atoms with E-state index in [1.54, 1.807) is 0 Å². The molecular weight excluding hydrogens is 472 g/mol. The van der Waals surface area contributed by atoms with Crippen molar-refractivity contribution in [1.29, 1.82) is 0 Å². The van der Waals surface area contributed by atoms with Crippen LogP contribution in [0.1, 0.15) is 25.5 Å². The summed E-state index contributed by atoms with van der Waals surface area (Å²) in [5, 5.41) is 3.56. The normalized spacial score (nSPS) is 18.7. The molecular formula is C26H36N8O3. The Hall–Kier alpha value is -3.15. The van der Waals surface area contributed by atoms with E-state index in [1.807, 2.05) is 12.4 Å². The zero-order valence-corrected chi connectivity index (χ0v) is 21.7. The van der Waals surface area contributed by atoms with Crippen molar-refractivity contribution in [2.45, 2.75) is 26.4 Å². The van der Waals surface area contributed by atoms with Gasteiger partial charge in [0.15, 0.2) is 28.5 Å². The van der Waals surface area contributed by atoms with Crippen molar-refractivity contribution in [3.05, 3.63) is 30.1 Å². The number of nitrogens with zero attached hydrogens (tertiary/aromatic N) is 7. The third kappa shape index (κ3) is 5.29. The third-order valence-electron chi connectivity index (χ3n) is 7.29. The smallest absolute Gasteiger partial charge is 0.231 e. The van der Waals surface area contributed by atoms with Gasteiger partial charge in [0.25, 0.3) is 0 Å². The minimum Gasteiger partial charge on any atom is -0.454 e. The van der Waals surface area contributed by atoms with E-state index in [0.29, 0.717) is 6.79 Å². The maximum absolute atomic E-state index is 5.54. The monoisotopic (exact) mass is 508 g/mol. The number of fused-ring (bicyclic) bond motifs is 2. The zero-order valence-electron chi connectivity index (χ0n) is 21.7. The number of aromatic nitrogens is 4. The Bertz CT molecular complexity index is 1220. The number of morpholine rings is 1. The molecule has 0 radical (unpaired) electrons. The summed E-state index contributed by atoms with van der Waals surface area (Å²) >= 11 is 0. The molecule has 0 saturated carbocycles. The largest absolute Gasteiger partial charge is 0.454 e. The van der Waals surface area contributed by atoms with Crippen molar-refractivity contribution < 1.29 is 14.2 Å². The van der Waals surface area contributed by atoms with Gasteiger partial charge >= 0.3 is 0 Å². The van der Waals surface area contributed by atoms with Crippen LogP contribution in [0.2, 0.25) is 0 Å². The maximum atomic E-state index is 5.54. The molecule has 2 aromatic heterocycles. The first-order chi connectivity index (χ1) is 18.1. The Morgan fingerprint density at radius 3 is 2.57 bits per heavy atom. The standard InChI is InChI=1S/C26H36N8O3/c1-19(2)34-17-28-23-24(27-5-6-31-11-13-35-14-12-31)29-26(30-25(23)34)33-9-7-32(8-10-33)16-20-3-4-21-22(15-20)37-18-36-21/h3-4,15,17,19H,5-14,16,18H2,1-2H3,(H,27,29,30). The number of hydrogen-bond acceptors (Lipinski definition) is 10. The van der Waals surface area contributed by atoms with E-state index < -0.39 is 0 Å². The highest BCUT2D eigenvalue weighted by Gasteiger charge is 2.23. The molecule has 1 aromatic carbocycles. The van der Waals surface area contributed by atoms with E-state index in [9.17, 15) is 0 Å². The maximum Gasteiger partial charge on any atom is 0.231 e. The van der Waals surface area contributed by atoms with Crippen molar-refractivity contribution >= 4 is 22.9 Å². The number of imidazole rings is 1. The van der Waals surface area contributed by atoms with Gasteiger partial charge in [-0.05, 0) is 31.5 Å². The van der Waals surface area contributed by atoms with Crippen LogP contribution in [0.15, 0.2) is 24.5 Å². The summed E-state index contributed by atoms with van der Waals surface area (Å²) in [6.07, 6.45) is 1.88. The van der Waals surface area contributed by atoms with Crippen LogP contribution in [0.3, 0.4) is 0 Å². The molecule has 11 heteroatoms. The lowest BCUT2D eigenvalue weighted by molar-refractivity contribution is 0.0398.